The van der Waals surface area contributed by atoms with E-state index in [1.54, 1.807) is 0 Å². The topological polar surface area (TPSA) is 21.6 Å². The molecule has 1 aliphatic rings. The fourth-order valence-corrected chi connectivity index (χ4v) is 1.68. The summed E-state index contributed by atoms with van der Waals surface area (Å²) in [7, 11) is 0. The summed E-state index contributed by atoms with van der Waals surface area (Å²) < 4.78 is 5.92. The number of allylic oxidation sites excluding steroid dienone is 2. The van der Waals surface area contributed by atoms with Crippen molar-refractivity contribution in [3.05, 3.63) is 35.9 Å². The molecule has 18 heavy (non-hydrogen) atoms. The number of rotatable bonds is 5. The maximum atomic E-state index is 5.92. The Morgan fingerprint density at radius 2 is 2.06 bits per heavy atom. The summed E-state index contributed by atoms with van der Waals surface area (Å²) in [5, 5.41) is 0. The third-order valence-electron chi connectivity index (χ3n) is 2.84. The van der Waals surface area contributed by atoms with Crippen LogP contribution in [-0.4, -0.2) is 18.4 Å². The molecule has 1 fully saturated rings. The molecule has 0 amide bonds. The maximum Gasteiger partial charge on any atom is 0.127 e. The zero-order chi connectivity index (χ0) is 13.0. The summed E-state index contributed by atoms with van der Waals surface area (Å²) in [4.78, 5) is 4.35. The highest BCUT2D eigenvalue weighted by molar-refractivity contribution is 5.85. The molecule has 1 saturated carbocycles. The van der Waals surface area contributed by atoms with Gasteiger partial charge in [-0.1, -0.05) is 18.2 Å². The molecule has 2 heteroatoms. The van der Waals surface area contributed by atoms with Gasteiger partial charge in [-0.05, 0) is 51.3 Å². The molecule has 2 nitrogen and oxygen atoms in total. The van der Waals surface area contributed by atoms with E-state index in [1.807, 2.05) is 24.4 Å². The van der Waals surface area contributed by atoms with E-state index in [4.69, 9.17) is 4.74 Å². The Hall–Kier alpha value is -1.57. The van der Waals surface area contributed by atoms with Crippen molar-refractivity contribution in [1.82, 2.24) is 0 Å². The predicted octanol–water partition coefficient (Wildman–Crippen LogP) is 4.11. The molecule has 0 radical (unpaired) electrons. The van der Waals surface area contributed by atoms with Crippen LogP contribution in [0.25, 0.3) is 5.57 Å². The van der Waals surface area contributed by atoms with Gasteiger partial charge in [-0.3, -0.25) is 4.99 Å². The van der Waals surface area contributed by atoms with Gasteiger partial charge in [0.2, 0.25) is 0 Å². The van der Waals surface area contributed by atoms with Gasteiger partial charge in [0.1, 0.15) is 5.75 Å². The van der Waals surface area contributed by atoms with Gasteiger partial charge in [0.25, 0.3) is 0 Å². The van der Waals surface area contributed by atoms with Crippen molar-refractivity contribution in [3.63, 3.8) is 0 Å². The molecule has 0 N–H and O–H groups in total. The van der Waals surface area contributed by atoms with Gasteiger partial charge in [-0.2, -0.15) is 0 Å². The molecule has 96 valence electrons. The second kappa shape index (κ2) is 5.85. The highest BCUT2D eigenvalue weighted by atomic mass is 16.5. The first-order chi connectivity index (χ1) is 8.66. The third kappa shape index (κ3) is 3.73. The molecule has 0 heterocycles. The summed E-state index contributed by atoms with van der Waals surface area (Å²) >= 11 is 0. The molecule has 0 bridgehead atoms. The molecule has 0 saturated heterocycles. The zero-order valence-corrected chi connectivity index (χ0v) is 11.4. The minimum absolute atomic E-state index is 0.340. The molecule has 2 rings (SSSR count). The highest BCUT2D eigenvalue weighted by Crippen LogP contribution is 2.31. The van der Waals surface area contributed by atoms with Gasteiger partial charge >= 0.3 is 0 Å². The molecular formula is C16H21NO. The van der Waals surface area contributed by atoms with Crippen LogP contribution in [-0.2, 0) is 0 Å². The van der Waals surface area contributed by atoms with E-state index in [0.717, 1.165) is 5.75 Å². The maximum absolute atomic E-state index is 5.92. The number of para-hydroxylation sites is 1. The second-order valence-corrected chi connectivity index (χ2v) is 5.05. The average Bonchev–Trinajstić information content (AvgIpc) is 3.13. The van der Waals surface area contributed by atoms with Crippen molar-refractivity contribution in [2.24, 2.45) is 4.99 Å². The van der Waals surface area contributed by atoms with Gasteiger partial charge in [-0.15, -0.1) is 0 Å². The Morgan fingerprint density at radius 3 is 2.72 bits per heavy atom. The fraction of sp³-hybridized carbons (Fsp3) is 0.438. The number of benzene rings is 1. The predicted molar refractivity (Wildman–Crippen MR) is 77.4 cm³/mol. The standard InChI is InChI=1S/C16H21NO/c1-12(2)17-11-10-13(3)15-6-4-5-7-16(15)18-14-8-9-14/h4-7,10-12,14H,8-9H2,1-3H3/b13-10+,17-11-. The van der Waals surface area contributed by atoms with E-state index in [1.165, 1.54) is 24.0 Å². The zero-order valence-electron chi connectivity index (χ0n) is 11.4. The van der Waals surface area contributed by atoms with Crippen LogP contribution in [0.15, 0.2) is 35.3 Å². The van der Waals surface area contributed by atoms with Crippen LogP contribution < -0.4 is 4.74 Å². The lowest BCUT2D eigenvalue weighted by molar-refractivity contribution is 0.302. The van der Waals surface area contributed by atoms with Crippen LogP contribution in [0.1, 0.15) is 39.2 Å². The largest absolute Gasteiger partial charge is 0.490 e. The van der Waals surface area contributed by atoms with Crippen LogP contribution >= 0.6 is 0 Å². The number of nitrogens with zero attached hydrogens (tertiary/aromatic N) is 1. The normalized spacial score (nSPS) is 16.6. The summed E-state index contributed by atoms with van der Waals surface area (Å²) in [6.45, 7) is 6.25. The molecule has 1 aromatic rings. The molecule has 1 aliphatic carbocycles. The highest BCUT2D eigenvalue weighted by Gasteiger charge is 2.24. The van der Waals surface area contributed by atoms with Crippen LogP contribution in [0, 0.1) is 0 Å². The van der Waals surface area contributed by atoms with Gasteiger partial charge in [0.05, 0.1) is 6.10 Å². The quantitative estimate of drug-likeness (QED) is 0.713. The number of hydrogen-bond donors (Lipinski definition) is 0. The number of hydrogen-bond acceptors (Lipinski definition) is 2. The Kier molecular flexibility index (Phi) is 4.19. The Balaban J connectivity index is 2.15. The molecule has 0 atom stereocenters. The average molecular weight is 243 g/mol. The van der Waals surface area contributed by atoms with Crippen molar-refractivity contribution >= 4 is 11.8 Å². The van der Waals surface area contributed by atoms with Gasteiger partial charge in [0, 0.05) is 17.8 Å². The first kappa shape index (κ1) is 12.9. The smallest absolute Gasteiger partial charge is 0.127 e. The van der Waals surface area contributed by atoms with Crippen LogP contribution in [0.4, 0.5) is 0 Å². The Bertz CT molecular complexity index is 456. The summed E-state index contributed by atoms with van der Waals surface area (Å²) in [6.07, 6.45) is 6.74. The molecule has 0 spiro atoms. The second-order valence-electron chi connectivity index (χ2n) is 5.05. The third-order valence-corrected chi connectivity index (χ3v) is 2.84. The minimum atomic E-state index is 0.340. The van der Waals surface area contributed by atoms with Crippen molar-refractivity contribution in [2.75, 3.05) is 0 Å². The molecule has 0 aromatic heterocycles. The van der Waals surface area contributed by atoms with E-state index < -0.39 is 0 Å². The lowest BCUT2D eigenvalue weighted by Crippen LogP contribution is -1.98. The minimum Gasteiger partial charge on any atom is -0.490 e. The van der Waals surface area contributed by atoms with E-state index in [-0.39, 0.29) is 0 Å². The molecule has 0 aliphatic heterocycles. The molecule has 1 aromatic carbocycles. The van der Waals surface area contributed by atoms with E-state index in [0.29, 0.717) is 12.1 Å². The SMILES string of the molecule is C/C(=C\C=N/C(C)C)c1ccccc1OC1CC1. The number of aliphatic imine (C=N–C) groups is 1. The molecular weight excluding hydrogens is 222 g/mol. The van der Waals surface area contributed by atoms with Crippen LogP contribution in [0.2, 0.25) is 0 Å². The lowest BCUT2D eigenvalue weighted by atomic mass is 10.1. The van der Waals surface area contributed by atoms with Crippen molar-refractivity contribution < 1.29 is 4.74 Å². The van der Waals surface area contributed by atoms with Crippen molar-refractivity contribution in [2.45, 2.75) is 45.8 Å². The lowest BCUT2D eigenvalue weighted by Gasteiger charge is -2.10. The first-order valence-corrected chi connectivity index (χ1v) is 6.63. The van der Waals surface area contributed by atoms with E-state index in [9.17, 15) is 0 Å². The Morgan fingerprint density at radius 1 is 1.33 bits per heavy atom. The van der Waals surface area contributed by atoms with Crippen LogP contribution in [0.5, 0.6) is 5.75 Å². The first-order valence-electron chi connectivity index (χ1n) is 6.63. The monoisotopic (exact) mass is 243 g/mol. The van der Waals surface area contributed by atoms with Gasteiger partial charge < -0.3 is 4.74 Å². The van der Waals surface area contributed by atoms with E-state index >= 15 is 0 Å². The van der Waals surface area contributed by atoms with Crippen molar-refractivity contribution in [3.8, 4) is 5.75 Å². The van der Waals surface area contributed by atoms with E-state index in [2.05, 4.69) is 37.9 Å². The fourth-order valence-electron chi connectivity index (χ4n) is 1.68. The van der Waals surface area contributed by atoms with Crippen LogP contribution in [0.3, 0.4) is 0 Å². The number of ether oxygens (including phenoxy) is 1. The summed E-state index contributed by atoms with van der Waals surface area (Å²) in [5.41, 5.74) is 2.36. The summed E-state index contributed by atoms with van der Waals surface area (Å²) in [5.74, 6) is 0.992. The summed E-state index contributed by atoms with van der Waals surface area (Å²) in [6, 6.07) is 8.56. The Labute approximate surface area is 109 Å². The molecule has 0 unspecified atom stereocenters. The van der Waals surface area contributed by atoms with Gasteiger partial charge in [-0.25, -0.2) is 0 Å². The van der Waals surface area contributed by atoms with Crippen molar-refractivity contribution in [1.29, 1.82) is 0 Å². The van der Waals surface area contributed by atoms with Gasteiger partial charge in [0.15, 0.2) is 0 Å².